The van der Waals surface area contributed by atoms with Crippen LogP contribution in [0.5, 0.6) is 0 Å². The minimum atomic E-state index is -0.823. The van der Waals surface area contributed by atoms with Crippen molar-refractivity contribution in [1.82, 2.24) is 5.32 Å². The van der Waals surface area contributed by atoms with E-state index >= 15 is 0 Å². The van der Waals surface area contributed by atoms with Crippen molar-refractivity contribution in [3.63, 3.8) is 0 Å². The van der Waals surface area contributed by atoms with Crippen LogP contribution in [0.25, 0.3) is 0 Å². The molecule has 0 radical (unpaired) electrons. The molecule has 2 unspecified atom stereocenters. The van der Waals surface area contributed by atoms with Crippen molar-refractivity contribution in [3.8, 4) is 0 Å². The Hall–Kier alpha value is -1.42. The fourth-order valence-corrected chi connectivity index (χ4v) is 2.87. The largest absolute Gasteiger partial charge is 0.388 e. The van der Waals surface area contributed by atoms with Crippen LogP contribution >= 0.6 is 0 Å². The number of hydrogen-bond acceptors (Lipinski definition) is 2. The number of nitrogens with one attached hydrogen (secondary N) is 1. The summed E-state index contributed by atoms with van der Waals surface area (Å²) in [5.74, 6) is -0.249. The quantitative estimate of drug-likeness (QED) is 0.894. The Morgan fingerprint density at radius 3 is 2.95 bits per heavy atom. The van der Waals surface area contributed by atoms with Crippen LogP contribution in [-0.4, -0.2) is 23.2 Å². The highest BCUT2D eigenvalue weighted by Gasteiger charge is 2.32. The van der Waals surface area contributed by atoms with E-state index in [0.29, 0.717) is 29.9 Å². The minimum Gasteiger partial charge on any atom is -0.388 e. The van der Waals surface area contributed by atoms with E-state index in [9.17, 15) is 14.3 Å². The van der Waals surface area contributed by atoms with Gasteiger partial charge in [-0.1, -0.05) is 25.8 Å². The molecule has 1 saturated carbocycles. The van der Waals surface area contributed by atoms with E-state index in [1.807, 2.05) is 0 Å². The highest BCUT2D eigenvalue weighted by Crippen LogP contribution is 2.31. The molecular formula is C16H22FNO2. The molecule has 4 heteroatoms. The number of rotatable bonds is 3. The van der Waals surface area contributed by atoms with Crippen LogP contribution in [-0.2, 0) is 0 Å². The molecule has 0 spiro atoms. The number of carbonyl (C=O) groups is 1. The van der Waals surface area contributed by atoms with Crippen LogP contribution in [0.15, 0.2) is 18.2 Å². The molecule has 0 heterocycles. The number of aliphatic hydroxyl groups is 1. The normalized spacial score (nSPS) is 26.3. The fraction of sp³-hybridized carbons (Fsp3) is 0.562. The maximum absolute atomic E-state index is 13.4. The Kier molecular flexibility index (Phi) is 4.43. The first-order chi connectivity index (χ1) is 9.39. The van der Waals surface area contributed by atoms with Gasteiger partial charge in [-0.25, -0.2) is 4.39 Å². The molecule has 3 nitrogen and oxygen atoms in total. The first kappa shape index (κ1) is 15.0. The van der Waals surface area contributed by atoms with Gasteiger partial charge in [0.25, 0.3) is 5.91 Å². The lowest BCUT2D eigenvalue weighted by atomic mass is 9.79. The molecule has 2 N–H and O–H groups in total. The zero-order valence-corrected chi connectivity index (χ0v) is 12.1. The molecule has 1 aliphatic rings. The Morgan fingerprint density at radius 1 is 1.55 bits per heavy atom. The summed E-state index contributed by atoms with van der Waals surface area (Å²) in [7, 11) is 0. The van der Waals surface area contributed by atoms with E-state index in [-0.39, 0.29) is 18.3 Å². The van der Waals surface area contributed by atoms with Gasteiger partial charge in [0.05, 0.1) is 5.60 Å². The second-order valence-electron chi connectivity index (χ2n) is 6.07. The van der Waals surface area contributed by atoms with Gasteiger partial charge in [-0.2, -0.15) is 0 Å². The summed E-state index contributed by atoms with van der Waals surface area (Å²) in [6.45, 7) is 4.00. The molecule has 0 aromatic heterocycles. The number of carbonyl (C=O) groups excluding carboxylic acids is 1. The molecule has 1 amide bonds. The van der Waals surface area contributed by atoms with Crippen LogP contribution in [0.4, 0.5) is 4.39 Å². The van der Waals surface area contributed by atoms with Crippen molar-refractivity contribution in [2.24, 2.45) is 5.92 Å². The van der Waals surface area contributed by atoms with E-state index in [4.69, 9.17) is 0 Å². The Balaban J connectivity index is 1.96. The Bertz CT molecular complexity index is 503. The summed E-state index contributed by atoms with van der Waals surface area (Å²) in [6, 6.07) is 4.42. The molecule has 110 valence electrons. The maximum Gasteiger partial charge on any atom is 0.251 e. The molecule has 0 saturated heterocycles. The van der Waals surface area contributed by atoms with Gasteiger partial charge in [-0.15, -0.1) is 0 Å². The predicted molar refractivity (Wildman–Crippen MR) is 76.1 cm³/mol. The van der Waals surface area contributed by atoms with Crippen molar-refractivity contribution in [2.45, 2.75) is 45.1 Å². The number of amides is 1. The monoisotopic (exact) mass is 279 g/mol. The maximum atomic E-state index is 13.4. The standard InChI is InChI=1S/C16H22FNO2/c1-11-4-3-7-16(20,9-11)10-18-15(19)13-6-5-12(2)14(17)8-13/h5-6,8,11,20H,3-4,7,9-10H2,1-2H3,(H,18,19). The van der Waals surface area contributed by atoms with E-state index in [1.165, 1.54) is 6.07 Å². The van der Waals surface area contributed by atoms with Crippen LogP contribution in [0.3, 0.4) is 0 Å². The first-order valence-electron chi connectivity index (χ1n) is 7.16. The second-order valence-corrected chi connectivity index (χ2v) is 6.07. The van der Waals surface area contributed by atoms with Crippen molar-refractivity contribution in [3.05, 3.63) is 35.1 Å². The zero-order chi connectivity index (χ0) is 14.8. The van der Waals surface area contributed by atoms with Crippen molar-refractivity contribution >= 4 is 5.91 Å². The van der Waals surface area contributed by atoms with Crippen molar-refractivity contribution in [1.29, 1.82) is 0 Å². The van der Waals surface area contributed by atoms with Gasteiger partial charge in [0.2, 0.25) is 0 Å². The lowest BCUT2D eigenvalue weighted by Crippen LogP contribution is -2.45. The summed E-state index contributed by atoms with van der Waals surface area (Å²) in [4.78, 5) is 12.0. The van der Waals surface area contributed by atoms with Crippen LogP contribution < -0.4 is 5.32 Å². The predicted octanol–water partition coefficient (Wildman–Crippen LogP) is 2.81. The van der Waals surface area contributed by atoms with E-state index < -0.39 is 5.60 Å². The summed E-state index contributed by atoms with van der Waals surface area (Å²) in [6.07, 6.45) is 3.52. The molecule has 20 heavy (non-hydrogen) atoms. The first-order valence-corrected chi connectivity index (χ1v) is 7.16. The SMILES string of the molecule is Cc1ccc(C(=O)NCC2(O)CCCC(C)C2)cc1F. The third-order valence-electron chi connectivity index (χ3n) is 4.08. The smallest absolute Gasteiger partial charge is 0.251 e. The van der Waals surface area contributed by atoms with E-state index in [0.717, 1.165) is 12.8 Å². The van der Waals surface area contributed by atoms with E-state index in [2.05, 4.69) is 12.2 Å². The molecule has 0 bridgehead atoms. The highest BCUT2D eigenvalue weighted by molar-refractivity contribution is 5.94. The molecule has 1 aliphatic carbocycles. The van der Waals surface area contributed by atoms with Gasteiger partial charge in [-0.05, 0) is 43.4 Å². The fourth-order valence-electron chi connectivity index (χ4n) is 2.87. The van der Waals surface area contributed by atoms with Crippen LogP contribution in [0.2, 0.25) is 0 Å². The molecule has 2 atom stereocenters. The van der Waals surface area contributed by atoms with Gasteiger partial charge in [-0.3, -0.25) is 4.79 Å². The van der Waals surface area contributed by atoms with Gasteiger partial charge in [0.15, 0.2) is 0 Å². The van der Waals surface area contributed by atoms with Crippen LogP contribution in [0.1, 0.15) is 48.5 Å². The molecule has 1 aromatic carbocycles. The highest BCUT2D eigenvalue weighted by atomic mass is 19.1. The zero-order valence-electron chi connectivity index (χ0n) is 12.1. The minimum absolute atomic E-state index is 0.228. The van der Waals surface area contributed by atoms with Gasteiger partial charge in [0, 0.05) is 12.1 Å². The number of hydrogen-bond donors (Lipinski definition) is 2. The summed E-state index contributed by atoms with van der Waals surface area (Å²) in [5.41, 5.74) is -0.0156. The van der Waals surface area contributed by atoms with Crippen molar-refractivity contribution < 1.29 is 14.3 Å². The topological polar surface area (TPSA) is 49.3 Å². The van der Waals surface area contributed by atoms with Gasteiger partial charge < -0.3 is 10.4 Å². The van der Waals surface area contributed by atoms with Crippen molar-refractivity contribution in [2.75, 3.05) is 6.54 Å². The third kappa shape index (κ3) is 3.57. The Labute approximate surface area is 119 Å². The lowest BCUT2D eigenvalue weighted by molar-refractivity contribution is -0.0109. The molecule has 2 rings (SSSR count). The average Bonchev–Trinajstić information content (AvgIpc) is 2.39. The molecular weight excluding hydrogens is 257 g/mol. The van der Waals surface area contributed by atoms with Gasteiger partial charge >= 0.3 is 0 Å². The summed E-state index contributed by atoms with van der Waals surface area (Å²) < 4.78 is 13.4. The third-order valence-corrected chi connectivity index (χ3v) is 4.08. The van der Waals surface area contributed by atoms with E-state index in [1.54, 1.807) is 19.1 Å². The molecule has 1 aromatic rings. The lowest BCUT2D eigenvalue weighted by Gasteiger charge is -2.35. The number of aryl methyl sites for hydroxylation is 1. The number of halogens is 1. The summed E-state index contributed by atoms with van der Waals surface area (Å²) >= 11 is 0. The molecule has 1 fully saturated rings. The van der Waals surface area contributed by atoms with Crippen LogP contribution in [0, 0.1) is 18.7 Å². The molecule has 0 aliphatic heterocycles. The Morgan fingerprint density at radius 2 is 2.30 bits per heavy atom. The van der Waals surface area contributed by atoms with Gasteiger partial charge in [0.1, 0.15) is 5.82 Å². The second kappa shape index (κ2) is 5.92. The number of benzene rings is 1. The summed E-state index contributed by atoms with van der Waals surface area (Å²) in [5, 5.41) is 13.2. The average molecular weight is 279 g/mol.